The maximum atomic E-state index is 15.6. The molecule has 4 atom stereocenters. The zero-order valence-electron chi connectivity index (χ0n) is 18.1. The number of nitrogen functional groups attached to an aromatic ring is 1. The quantitative estimate of drug-likeness (QED) is 0.471. The Morgan fingerprint density at radius 3 is 2.59 bits per heavy atom. The molecule has 4 saturated carbocycles. The Balaban J connectivity index is 1.56. The molecule has 2 aromatic rings. The molecule has 4 aliphatic rings. The van der Waals surface area contributed by atoms with Crippen molar-refractivity contribution in [2.75, 3.05) is 11.1 Å². The number of nitrogens with one attached hydrogen (secondary N) is 2. The van der Waals surface area contributed by atoms with E-state index >= 15 is 4.39 Å². The van der Waals surface area contributed by atoms with E-state index in [2.05, 4.69) is 26.3 Å². The van der Waals surface area contributed by atoms with Crippen molar-refractivity contribution in [2.45, 2.75) is 44.1 Å². The molecule has 11 heteroatoms. The molecule has 34 heavy (non-hydrogen) atoms. The van der Waals surface area contributed by atoms with Gasteiger partial charge in [0, 0.05) is 17.5 Å². The minimum atomic E-state index is -0.931. The van der Waals surface area contributed by atoms with E-state index in [0.717, 1.165) is 37.9 Å². The van der Waals surface area contributed by atoms with Crippen LogP contribution in [0.2, 0.25) is 0 Å². The lowest BCUT2D eigenvalue weighted by molar-refractivity contribution is -0.148. The first-order chi connectivity index (χ1) is 16.3. The number of pyridine rings is 1. The molecule has 2 bridgehead atoms. The van der Waals surface area contributed by atoms with Gasteiger partial charge in [-0.05, 0) is 50.0 Å². The van der Waals surface area contributed by atoms with Crippen molar-refractivity contribution >= 4 is 23.3 Å². The number of carboxylic acids is 1. The van der Waals surface area contributed by atoms with Crippen LogP contribution in [0.4, 0.5) is 20.4 Å². The molecular weight excluding hydrogens is 444 g/mol. The molecular formula is C23H23F2N7O2. The zero-order chi connectivity index (χ0) is 24.1. The standard InChI is InChI=1S/C23H23F2N7O2/c24-12-6-14(20(28)29-8-12)17(27)22-31-19(13-5-11(13)7-26)16(25)21(32-22)30-18-10-3-1-9(2-4-10)15(18)23(33)34/h6,8-11,13,15,18,27H,1-5H2,(H2,28,29)(H,33,34)(H,30,31,32)/t9?,10?,11-,13?,15+,18+/m1/s1. The number of aliphatic carboxylic acids is 1. The molecule has 1 unspecified atom stereocenters. The minimum absolute atomic E-state index is 0.00621. The van der Waals surface area contributed by atoms with Crippen LogP contribution in [0, 0.1) is 52.0 Å². The number of hydrogen-bond donors (Lipinski definition) is 4. The maximum absolute atomic E-state index is 15.6. The highest BCUT2D eigenvalue weighted by Crippen LogP contribution is 2.49. The summed E-state index contributed by atoms with van der Waals surface area (Å²) in [6.07, 6.45) is 4.68. The number of hydrogen-bond acceptors (Lipinski definition) is 8. The lowest BCUT2D eigenvalue weighted by Crippen LogP contribution is -2.51. The predicted octanol–water partition coefficient (Wildman–Crippen LogP) is 3.08. The van der Waals surface area contributed by atoms with Crippen molar-refractivity contribution in [2.24, 2.45) is 23.7 Å². The summed E-state index contributed by atoms with van der Waals surface area (Å²) >= 11 is 0. The Morgan fingerprint density at radius 1 is 1.24 bits per heavy atom. The number of halogens is 2. The molecule has 0 aromatic carbocycles. The van der Waals surface area contributed by atoms with Gasteiger partial charge in [0.25, 0.3) is 0 Å². The highest BCUT2D eigenvalue weighted by atomic mass is 19.1. The lowest BCUT2D eigenvalue weighted by atomic mass is 9.61. The third-order valence-electron chi connectivity index (χ3n) is 7.37. The van der Waals surface area contributed by atoms with Gasteiger partial charge in [-0.15, -0.1) is 0 Å². The van der Waals surface area contributed by atoms with Gasteiger partial charge in [-0.25, -0.2) is 23.7 Å². The average Bonchev–Trinajstić information content (AvgIpc) is 3.61. The fourth-order valence-corrected chi connectivity index (χ4v) is 5.50. The summed E-state index contributed by atoms with van der Waals surface area (Å²) in [6, 6.07) is 2.61. The number of nitriles is 1. The Bertz CT molecular complexity index is 1220. The molecule has 176 valence electrons. The number of nitrogens with two attached hydrogens (primary N) is 1. The molecule has 6 rings (SSSR count). The van der Waals surface area contributed by atoms with Crippen LogP contribution < -0.4 is 11.1 Å². The van der Waals surface area contributed by atoms with Crippen LogP contribution in [-0.2, 0) is 4.79 Å². The molecule has 0 aliphatic heterocycles. The predicted molar refractivity (Wildman–Crippen MR) is 117 cm³/mol. The largest absolute Gasteiger partial charge is 0.481 e. The number of rotatable bonds is 6. The summed E-state index contributed by atoms with van der Waals surface area (Å²) in [5.74, 6) is -4.38. The van der Waals surface area contributed by atoms with Crippen LogP contribution in [0.1, 0.15) is 55.1 Å². The van der Waals surface area contributed by atoms with Crippen molar-refractivity contribution in [3.8, 4) is 6.07 Å². The van der Waals surface area contributed by atoms with E-state index in [1.165, 1.54) is 0 Å². The van der Waals surface area contributed by atoms with Crippen molar-refractivity contribution < 1.29 is 18.7 Å². The van der Waals surface area contributed by atoms with Gasteiger partial charge in [0.15, 0.2) is 17.5 Å². The fraction of sp³-hybridized carbons (Fsp3) is 0.478. The molecule has 4 aliphatic carbocycles. The number of carbonyl (C=O) groups is 1. The van der Waals surface area contributed by atoms with E-state index < -0.39 is 41.4 Å². The fourth-order valence-electron chi connectivity index (χ4n) is 5.50. The highest BCUT2D eigenvalue weighted by molar-refractivity contribution is 6.11. The number of fused-ring (bicyclic) bond motifs is 3. The number of carboxylic acid groups (broad SMARTS) is 1. The van der Waals surface area contributed by atoms with Gasteiger partial charge >= 0.3 is 5.97 Å². The molecule has 2 heterocycles. The molecule has 2 aromatic heterocycles. The summed E-state index contributed by atoms with van der Waals surface area (Å²) in [7, 11) is 0. The third-order valence-corrected chi connectivity index (χ3v) is 7.37. The Hall–Kier alpha value is -3.68. The topological polar surface area (TPSA) is 162 Å². The summed E-state index contributed by atoms with van der Waals surface area (Å²) in [5.41, 5.74) is 5.42. The molecule has 0 spiro atoms. The second kappa shape index (κ2) is 8.27. The first kappa shape index (κ1) is 22.1. The van der Waals surface area contributed by atoms with Crippen LogP contribution >= 0.6 is 0 Å². The van der Waals surface area contributed by atoms with E-state index in [9.17, 15) is 19.6 Å². The van der Waals surface area contributed by atoms with Crippen LogP contribution in [0.5, 0.6) is 0 Å². The number of anilines is 2. The van der Waals surface area contributed by atoms with E-state index in [1.807, 2.05) is 0 Å². The first-order valence-electron chi connectivity index (χ1n) is 11.2. The first-order valence-corrected chi connectivity index (χ1v) is 11.2. The van der Waals surface area contributed by atoms with Crippen molar-refractivity contribution in [1.82, 2.24) is 15.0 Å². The molecule has 5 N–H and O–H groups in total. The van der Waals surface area contributed by atoms with Gasteiger partial charge in [-0.2, -0.15) is 5.26 Å². The summed E-state index contributed by atoms with van der Waals surface area (Å²) < 4.78 is 29.4. The number of aromatic nitrogens is 3. The zero-order valence-corrected chi connectivity index (χ0v) is 18.1. The SMILES string of the molecule is N#C[C@H]1CC1c1nc(C(=N)c2cc(F)cnc2N)nc(N[C@H]2C3CCC(CC3)[C@@H]2C(=O)O)c1F. The summed E-state index contributed by atoms with van der Waals surface area (Å²) in [5, 5.41) is 30.6. The van der Waals surface area contributed by atoms with E-state index in [0.29, 0.717) is 6.42 Å². The Labute approximate surface area is 193 Å². The Kier molecular flexibility index (Phi) is 5.38. The van der Waals surface area contributed by atoms with Crippen molar-refractivity contribution in [3.05, 3.63) is 41.0 Å². The van der Waals surface area contributed by atoms with Crippen LogP contribution in [-0.4, -0.2) is 37.8 Å². The van der Waals surface area contributed by atoms with E-state index in [-0.39, 0.29) is 46.3 Å². The van der Waals surface area contributed by atoms with Crippen LogP contribution in [0.15, 0.2) is 12.3 Å². The van der Waals surface area contributed by atoms with E-state index in [4.69, 9.17) is 11.1 Å². The second-order valence-corrected chi connectivity index (χ2v) is 9.34. The van der Waals surface area contributed by atoms with Gasteiger partial charge < -0.3 is 16.2 Å². The normalized spacial score (nSPS) is 29.3. The molecule has 4 fully saturated rings. The average molecular weight is 467 g/mol. The smallest absolute Gasteiger partial charge is 0.308 e. The third kappa shape index (κ3) is 3.73. The second-order valence-electron chi connectivity index (χ2n) is 9.34. The van der Waals surface area contributed by atoms with Crippen molar-refractivity contribution in [1.29, 1.82) is 10.7 Å². The highest BCUT2D eigenvalue weighted by Gasteiger charge is 2.48. The summed E-state index contributed by atoms with van der Waals surface area (Å²) in [6.45, 7) is 0. The monoisotopic (exact) mass is 467 g/mol. The molecule has 9 nitrogen and oxygen atoms in total. The van der Waals surface area contributed by atoms with Gasteiger partial charge in [0.2, 0.25) is 0 Å². The van der Waals surface area contributed by atoms with Crippen molar-refractivity contribution in [3.63, 3.8) is 0 Å². The van der Waals surface area contributed by atoms with Gasteiger partial charge in [-0.3, -0.25) is 10.2 Å². The van der Waals surface area contributed by atoms with Crippen LogP contribution in [0.3, 0.4) is 0 Å². The number of nitrogens with zero attached hydrogens (tertiary/aromatic N) is 4. The lowest BCUT2D eigenvalue weighted by Gasteiger charge is -2.47. The van der Waals surface area contributed by atoms with Gasteiger partial charge in [-0.1, -0.05) is 0 Å². The van der Waals surface area contributed by atoms with Crippen LogP contribution in [0.25, 0.3) is 0 Å². The van der Waals surface area contributed by atoms with Gasteiger partial charge in [0.1, 0.15) is 17.3 Å². The molecule has 0 amide bonds. The maximum Gasteiger partial charge on any atom is 0.308 e. The Morgan fingerprint density at radius 2 is 1.94 bits per heavy atom. The molecule has 0 radical (unpaired) electrons. The molecule has 0 saturated heterocycles. The summed E-state index contributed by atoms with van der Waals surface area (Å²) in [4.78, 5) is 24.2. The van der Waals surface area contributed by atoms with E-state index in [1.54, 1.807) is 0 Å². The van der Waals surface area contributed by atoms with Gasteiger partial charge in [0.05, 0.1) is 29.8 Å². The minimum Gasteiger partial charge on any atom is -0.481 e.